The fourth-order valence-corrected chi connectivity index (χ4v) is 2.54. The fourth-order valence-electron chi connectivity index (χ4n) is 2.54. The summed E-state index contributed by atoms with van der Waals surface area (Å²) in [5.41, 5.74) is 0.179. The second-order valence-electron chi connectivity index (χ2n) is 5.28. The van der Waals surface area contributed by atoms with Crippen LogP contribution in [0.1, 0.15) is 16.1 Å². The Morgan fingerprint density at radius 2 is 1.86 bits per heavy atom. The van der Waals surface area contributed by atoms with Gasteiger partial charge in [0.2, 0.25) is 0 Å². The van der Waals surface area contributed by atoms with E-state index in [0.717, 1.165) is 31.0 Å². The third-order valence-corrected chi connectivity index (χ3v) is 3.79. The van der Waals surface area contributed by atoms with Crippen molar-refractivity contribution in [1.82, 2.24) is 9.80 Å². The summed E-state index contributed by atoms with van der Waals surface area (Å²) in [5, 5.41) is 0. The predicted molar refractivity (Wildman–Crippen MR) is 76.2 cm³/mol. The summed E-state index contributed by atoms with van der Waals surface area (Å²) >= 11 is 0. The van der Waals surface area contributed by atoms with E-state index in [1.807, 2.05) is 12.1 Å². The molecule has 22 heavy (non-hydrogen) atoms. The molecule has 116 valence electrons. The first-order chi connectivity index (χ1) is 10.6. The number of benzene rings is 1. The van der Waals surface area contributed by atoms with Crippen LogP contribution in [0.2, 0.25) is 0 Å². The Bertz CT molecular complexity index is 650. The van der Waals surface area contributed by atoms with Crippen molar-refractivity contribution in [3.8, 4) is 0 Å². The zero-order chi connectivity index (χ0) is 15.5. The third-order valence-electron chi connectivity index (χ3n) is 3.79. The van der Waals surface area contributed by atoms with Crippen molar-refractivity contribution >= 4 is 5.91 Å². The Labute approximate surface area is 126 Å². The lowest BCUT2D eigenvalue weighted by Gasteiger charge is -2.34. The van der Waals surface area contributed by atoms with Crippen LogP contribution < -0.4 is 0 Å². The second-order valence-corrected chi connectivity index (χ2v) is 5.28. The number of piperazine rings is 1. The van der Waals surface area contributed by atoms with Gasteiger partial charge in [-0.1, -0.05) is 0 Å². The molecule has 1 aromatic carbocycles. The van der Waals surface area contributed by atoms with Crippen LogP contribution in [0.3, 0.4) is 0 Å². The minimum Gasteiger partial charge on any atom is -0.468 e. The van der Waals surface area contributed by atoms with E-state index < -0.39 is 11.6 Å². The maximum absolute atomic E-state index is 13.2. The number of halogens is 2. The van der Waals surface area contributed by atoms with Crippen LogP contribution in [0.25, 0.3) is 0 Å². The van der Waals surface area contributed by atoms with Crippen LogP contribution in [0.4, 0.5) is 8.78 Å². The lowest BCUT2D eigenvalue weighted by Crippen LogP contribution is -2.48. The van der Waals surface area contributed by atoms with Gasteiger partial charge in [-0.25, -0.2) is 8.78 Å². The Balaban J connectivity index is 1.58. The van der Waals surface area contributed by atoms with Crippen molar-refractivity contribution < 1.29 is 18.0 Å². The van der Waals surface area contributed by atoms with Crippen molar-refractivity contribution in [1.29, 1.82) is 0 Å². The van der Waals surface area contributed by atoms with E-state index in [1.165, 1.54) is 6.07 Å². The molecule has 0 spiro atoms. The molecule has 0 N–H and O–H groups in total. The van der Waals surface area contributed by atoms with Crippen molar-refractivity contribution in [2.75, 3.05) is 26.2 Å². The van der Waals surface area contributed by atoms with Gasteiger partial charge in [-0.2, -0.15) is 0 Å². The molecule has 1 aromatic heterocycles. The van der Waals surface area contributed by atoms with Gasteiger partial charge in [0.25, 0.3) is 5.91 Å². The summed E-state index contributed by atoms with van der Waals surface area (Å²) in [7, 11) is 0. The van der Waals surface area contributed by atoms with Crippen LogP contribution in [-0.4, -0.2) is 41.9 Å². The molecule has 2 heterocycles. The third kappa shape index (κ3) is 3.17. The molecule has 1 amide bonds. The first-order valence-electron chi connectivity index (χ1n) is 7.12. The number of hydrogen-bond acceptors (Lipinski definition) is 3. The highest BCUT2D eigenvalue weighted by Crippen LogP contribution is 2.14. The zero-order valence-electron chi connectivity index (χ0n) is 12.0. The summed E-state index contributed by atoms with van der Waals surface area (Å²) in [6.45, 7) is 3.25. The number of hydrogen-bond donors (Lipinski definition) is 0. The van der Waals surface area contributed by atoms with Crippen LogP contribution in [0, 0.1) is 11.6 Å². The Kier molecular flexibility index (Phi) is 4.20. The minimum atomic E-state index is -0.998. The van der Waals surface area contributed by atoms with Gasteiger partial charge in [0, 0.05) is 31.7 Å². The van der Waals surface area contributed by atoms with Crippen LogP contribution in [0.5, 0.6) is 0 Å². The summed E-state index contributed by atoms with van der Waals surface area (Å²) in [6.07, 6.45) is 1.64. The number of amides is 1. The van der Waals surface area contributed by atoms with E-state index in [1.54, 1.807) is 11.2 Å². The standard InChI is InChI=1S/C16H16F2N2O2/c17-14-4-3-12(10-15(14)18)16(21)20-7-5-19(6-8-20)11-13-2-1-9-22-13/h1-4,9-10H,5-8,11H2. The van der Waals surface area contributed by atoms with Gasteiger partial charge >= 0.3 is 0 Å². The summed E-state index contributed by atoms with van der Waals surface area (Å²) in [4.78, 5) is 16.1. The molecule has 0 aliphatic carbocycles. The molecule has 0 saturated carbocycles. The Morgan fingerprint density at radius 3 is 2.50 bits per heavy atom. The molecule has 1 saturated heterocycles. The molecular weight excluding hydrogens is 290 g/mol. The molecule has 1 fully saturated rings. The van der Waals surface area contributed by atoms with E-state index in [9.17, 15) is 13.6 Å². The minimum absolute atomic E-state index is 0.179. The molecule has 4 nitrogen and oxygen atoms in total. The van der Waals surface area contributed by atoms with E-state index in [2.05, 4.69) is 4.90 Å². The Morgan fingerprint density at radius 1 is 1.09 bits per heavy atom. The van der Waals surface area contributed by atoms with Gasteiger partial charge in [-0.05, 0) is 30.3 Å². The van der Waals surface area contributed by atoms with E-state index in [4.69, 9.17) is 4.42 Å². The second kappa shape index (κ2) is 6.27. The van der Waals surface area contributed by atoms with Crippen molar-refractivity contribution in [2.45, 2.75) is 6.54 Å². The highest BCUT2D eigenvalue weighted by atomic mass is 19.2. The topological polar surface area (TPSA) is 36.7 Å². The number of nitrogens with zero attached hydrogens (tertiary/aromatic N) is 2. The van der Waals surface area contributed by atoms with Gasteiger partial charge in [0.15, 0.2) is 11.6 Å². The molecule has 3 rings (SSSR count). The van der Waals surface area contributed by atoms with E-state index in [0.29, 0.717) is 19.6 Å². The molecule has 1 aliphatic heterocycles. The van der Waals surface area contributed by atoms with Gasteiger partial charge in [-0.15, -0.1) is 0 Å². The normalized spacial score (nSPS) is 16.0. The molecule has 0 bridgehead atoms. The number of carbonyl (C=O) groups excluding carboxylic acids is 1. The highest BCUT2D eigenvalue weighted by molar-refractivity contribution is 5.94. The molecule has 0 unspecified atom stereocenters. The van der Waals surface area contributed by atoms with Gasteiger partial charge in [-0.3, -0.25) is 9.69 Å². The molecule has 0 radical (unpaired) electrons. The van der Waals surface area contributed by atoms with Gasteiger partial charge in [0.05, 0.1) is 12.8 Å². The van der Waals surface area contributed by atoms with E-state index >= 15 is 0 Å². The molecule has 0 atom stereocenters. The maximum Gasteiger partial charge on any atom is 0.254 e. The molecular formula is C16H16F2N2O2. The van der Waals surface area contributed by atoms with Gasteiger partial charge < -0.3 is 9.32 Å². The largest absolute Gasteiger partial charge is 0.468 e. The lowest BCUT2D eigenvalue weighted by atomic mass is 10.1. The van der Waals surface area contributed by atoms with Crippen molar-refractivity contribution in [2.24, 2.45) is 0 Å². The Hall–Kier alpha value is -2.21. The number of carbonyl (C=O) groups is 1. The summed E-state index contributed by atoms with van der Waals surface area (Å²) in [5.74, 6) is -1.32. The van der Waals surface area contributed by atoms with Crippen LogP contribution in [0.15, 0.2) is 41.0 Å². The summed E-state index contributed by atoms with van der Waals surface area (Å²) < 4.78 is 31.4. The van der Waals surface area contributed by atoms with Crippen molar-refractivity contribution in [3.05, 3.63) is 59.6 Å². The first kappa shape index (κ1) is 14.7. The highest BCUT2D eigenvalue weighted by Gasteiger charge is 2.23. The monoisotopic (exact) mass is 306 g/mol. The van der Waals surface area contributed by atoms with Crippen molar-refractivity contribution in [3.63, 3.8) is 0 Å². The van der Waals surface area contributed by atoms with Crippen LogP contribution >= 0.6 is 0 Å². The number of furan rings is 1. The quantitative estimate of drug-likeness (QED) is 0.874. The molecule has 6 heteroatoms. The smallest absolute Gasteiger partial charge is 0.254 e. The summed E-state index contributed by atoms with van der Waals surface area (Å²) in [6, 6.07) is 7.01. The van der Waals surface area contributed by atoms with E-state index in [-0.39, 0.29) is 11.5 Å². The first-order valence-corrected chi connectivity index (χ1v) is 7.12. The maximum atomic E-state index is 13.2. The lowest BCUT2D eigenvalue weighted by molar-refractivity contribution is 0.0620. The molecule has 1 aliphatic rings. The number of rotatable bonds is 3. The molecule has 2 aromatic rings. The fraction of sp³-hybridized carbons (Fsp3) is 0.312. The average Bonchev–Trinajstić information content (AvgIpc) is 3.03. The zero-order valence-corrected chi connectivity index (χ0v) is 12.0. The van der Waals surface area contributed by atoms with Crippen LogP contribution in [-0.2, 0) is 6.54 Å². The van der Waals surface area contributed by atoms with Gasteiger partial charge in [0.1, 0.15) is 5.76 Å². The predicted octanol–water partition coefficient (Wildman–Crippen LogP) is 2.52. The average molecular weight is 306 g/mol. The SMILES string of the molecule is O=C(c1ccc(F)c(F)c1)N1CCN(Cc2ccco2)CC1.